The van der Waals surface area contributed by atoms with Crippen LogP contribution in [0.25, 0.3) is 0 Å². The zero-order chi connectivity index (χ0) is 10.7. The van der Waals surface area contributed by atoms with Crippen molar-refractivity contribution in [1.82, 2.24) is 4.90 Å². The monoisotopic (exact) mass is 213 g/mol. The summed E-state index contributed by atoms with van der Waals surface area (Å²) in [6.07, 6.45) is 5.65. The summed E-state index contributed by atoms with van der Waals surface area (Å²) in [6, 6.07) is 0. The molecule has 2 aliphatic rings. The standard InChI is InChI=1S/C12H23NO2/c14-9-10-3-2-6-13(7-10)8-11-4-1-5-12(11)15/h10-12,14-15H,1-9H2. The van der Waals surface area contributed by atoms with E-state index < -0.39 is 0 Å². The zero-order valence-electron chi connectivity index (χ0n) is 9.44. The third-order valence-corrected chi connectivity index (χ3v) is 3.97. The van der Waals surface area contributed by atoms with Gasteiger partial charge in [0, 0.05) is 19.7 Å². The summed E-state index contributed by atoms with van der Waals surface area (Å²) in [4.78, 5) is 2.43. The molecule has 0 aromatic rings. The highest BCUT2D eigenvalue weighted by molar-refractivity contribution is 4.81. The Kier molecular flexibility index (Phi) is 4.00. The van der Waals surface area contributed by atoms with E-state index in [1.165, 1.54) is 25.7 Å². The van der Waals surface area contributed by atoms with Crippen molar-refractivity contribution in [3.63, 3.8) is 0 Å². The van der Waals surface area contributed by atoms with Gasteiger partial charge in [-0.2, -0.15) is 0 Å². The van der Waals surface area contributed by atoms with E-state index in [0.717, 1.165) is 26.1 Å². The normalized spacial score (nSPS) is 38.4. The van der Waals surface area contributed by atoms with E-state index in [1.807, 2.05) is 0 Å². The van der Waals surface area contributed by atoms with Gasteiger partial charge in [0.2, 0.25) is 0 Å². The van der Waals surface area contributed by atoms with Gasteiger partial charge in [0.15, 0.2) is 0 Å². The first kappa shape index (κ1) is 11.4. The second-order valence-corrected chi connectivity index (χ2v) is 5.21. The second-order valence-electron chi connectivity index (χ2n) is 5.21. The molecule has 1 aliphatic carbocycles. The van der Waals surface area contributed by atoms with Crippen molar-refractivity contribution in [2.24, 2.45) is 11.8 Å². The van der Waals surface area contributed by atoms with Gasteiger partial charge in [-0.1, -0.05) is 6.42 Å². The van der Waals surface area contributed by atoms with Gasteiger partial charge in [0.25, 0.3) is 0 Å². The highest BCUT2D eigenvalue weighted by atomic mass is 16.3. The fraction of sp³-hybridized carbons (Fsp3) is 1.00. The molecule has 0 bridgehead atoms. The Morgan fingerprint density at radius 1 is 1.13 bits per heavy atom. The molecule has 0 amide bonds. The fourth-order valence-electron chi connectivity index (χ4n) is 3.03. The predicted octanol–water partition coefficient (Wildman–Crippen LogP) is 0.852. The van der Waals surface area contributed by atoms with Crippen LogP contribution in [0.15, 0.2) is 0 Å². The minimum atomic E-state index is -0.0699. The molecule has 3 unspecified atom stereocenters. The van der Waals surface area contributed by atoms with Crippen LogP contribution in [-0.4, -0.2) is 47.5 Å². The van der Waals surface area contributed by atoms with Crippen LogP contribution in [0.5, 0.6) is 0 Å². The molecule has 0 aromatic heterocycles. The number of nitrogens with zero attached hydrogens (tertiary/aromatic N) is 1. The lowest BCUT2D eigenvalue weighted by atomic mass is 9.97. The molecule has 0 spiro atoms. The Hall–Kier alpha value is -0.120. The summed E-state index contributed by atoms with van der Waals surface area (Å²) in [6.45, 7) is 3.54. The summed E-state index contributed by atoms with van der Waals surface area (Å²) < 4.78 is 0. The first-order chi connectivity index (χ1) is 7.29. The van der Waals surface area contributed by atoms with Gasteiger partial charge in [-0.3, -0.25) is 0 Å². The van der Waals surface area contributed by atoms with Crippen LogP contribution < -0.4 is 0 Å². The maximum atomic E-state index is 9.77. The van der Waals surface area contributed by atoms with E-state index in [2.05, 4.69) is 4.90 Å². The van der Waals surface area contributed by atoms with Crippen LogP contribution in [0.2, 0.25) is 0 Å². The molecule has 15 heavy (non-hydrogen) atoms. The van der Waals surface area contributed by atoms with Gasteiger partial charge >= 0.3 is 0 Å². The van der Waals surface area contributed by atoms with Crippen LogP contribution in [-0.2, 0) is 0 Å². The molecule has 0 radical (unpaired) electrons. The number of aliphatic hydroxyl groups is 2. The Balaban J connectivity index is 1.78. The molecule has 2 fully saturated rings. The Morgan fingerprint density at radius 2 is 2.00 bits per heavy atom. The van der Waals surface area contributed by atoms with Gasteiger partial charge in [0.1, 0.15) is 0 Å². The number of rotatable bonds is 3. The first-order valence-electron chi connectivity index (χ1n) is 6.31. The predicted molar refractivity (Wildman–Crippen MR) is 59.6 cm³/mol. The van der Waals surface area contributed by atoms with Crippen molar-refractivity contribution in [1.29, 1.82) is 0 Å². The van der Waals surface area contributed by atoms with Crippen LogP contribution in [0, 0.1) is 11.8 Å². The second kappa shape index (κ2) is 5.28. The highest BCUT2D eigenvalue weighted by Gasteiger charge is 2.28. The summed E-state index contributed by atoms with van der Waals surface area (Å²) in [5.74, 6) is 0.958. The lowest BCUT2D eigenvalue weighted by Gasteiger charge is -2.34. The van der Waals surface area contributed by atoms with Crippen LogP contribution >= 0.6 is 0 Å². The average molecular weight is 213 g/mol. The molecule has 1 saturated heterocycles. The minimum Gasteiger partial charge on any atom is -0.396 e. The van der Waals surface area contributed by atoms with Gasteiger partial charge in [-0.25, -0.2) is 0 Å². The molecule has 1 aliphatic heterocycles. The molecule has 2 rings (SSSR count). The maximum absolute atomic E-state index is 9.77. The lowest BCUT2D eigenvalue weighted by Crippen LogP contribution is -2.41. The number of aliphatic hydroxyl groups excluding tert-OH is 2. The van der Waals surface area contributed by atoms with E-state index >= 15 is 0 Å². The molecule has 1 heterocycles. The topological polar surface area (TPSA) is 43.7 Å². The fourth-order valence-corrected chi connectivity index (χ4v) is 3.03. The molecular weight excluding hydrogens is 190 g/mol. The van der Waals surface area contributed by atoms with Crippen molar-refractivity contribution >= 4 is 0 Å². The molecule has 3 heteroatoms. The first-order valence-corrected chi connectivity index (χ1v) is 6.31. The number of likely N-dealkylation sites (tertiary alicyclic amines) is 1. The van der Waals surface area contributed by atoms with E-state index in [4.69, 9.17) is 5.11 Å². The van der Waals surface area contributed by atoms with Gasteiger partial charge < -0.3 is 15.1 Å². The number of hydrogen-bond acceptors (Lipinski definition) is 3. The Labute approximate surface area is 92.1 Å². The molecule has 3 atom stereocenters. The molecule has 2 N–H and O–H groups in total. The van der Waals surface area contributed by atoms with E-state index in [-0.39, 0.29) is 6.10 Å². The zero-order valence-corrected chi connectivity index (χ0v) is 9.44. The summed E-state index contributed by atoms with van der Waals surface area (Å²) in [5.41, 5.74) is 0. The van der Waals surface area contributed by atoms with Crippen LogP contribution in [0.4, 0.5) is 0 Å². The largest absolute Gasteiger partial charge is 0.396 e. The van der Waals surface area contributed by atoms with E-state index in [1.54, 1.807) is 0 Å². The third-order valence-electron chi connectivity index (χ3n) is 3.97. The quantitative estimate of drug-likeness (QED) is 0.730. The van der Waals surface area contributed by atoms with Gasteiger partial charge in [0.05, 0.1) is 6.10 Å². The molecule has 88 valence electrons. The lowest BCUT2D eigenvalue weighted by molar-refractivity contribution is 0.0700. The maximum Gasteiger partial charge on any atom is 0.0580 e. The van der Waals surface area contributed by atoms with Gasteiger partial charge in [-0.05, 0) is 44.1 Å². The number of hydrogen-bond donors (Lipinski definition) is 2. The van der Waals surface area contributed by atoms with E-state index in [9.17, 15) is 5.11 Å². The van der Waals surface area contributed by atoms with Crippen molar-refractivity contribution in [3.05, 3.63) is 0 Å². The van der Waals surface area contributed by atoms with Gasteiger partial charge in [-0.15, -0.1) is 0 Å². The SMILES string of the molecule is OCC1CCCN(CC2CCCC2O)C1. The summed E-state index contributed by atoms with van der Waals surface area (Å²) >= 11 is 0. The average Bonchev–Trinajstić information content (AvgIpc) is 2.65. The Morgan fingerprint density at radius 3 is 2.67 bits per heavy atom. The van der Waals surface area contributed by atoms with Crippen molar-refractivity contribution in [3.8, 4) is 0 Å². The summed E-state index contributed by atoms with van der Waals surface area (Å²) in [7, 11) is 0. The van der Waals surface area contributed by atoms with Crippen molar-refractivity contribution in [2.75, 3.05) is 26.2 Å². The third kappa shape index (κ3) is 2.92. The van der Waals surface area contributed by atoms with Crippen LogP contribution in [0.1, 0.15) is 32.1 Å². The van der Waals surface area contributed by atoms with Crippen molar-refractivity contribution < 1.29 is 10.2 Å². The summed E-state index contributed by atoms with van der Waals surface area (Å²) in [5, 5.41) is 18.9. The van der Waals surface area contributed by atoms with Crippen LogP contribution in [0.3, 0.4) is 0 Å². The Bertz CT molecular complexity index is 198. The minimum absolute atomic E-state index is 0.0699. The molecular formula is C12H23NO2. The molecule has 0 aromatic carbocycles. The molecule has 1 saturated carbocycles. The molecule has 3 nitrogen and oxygen atoms in total. The van der Waals surface area contributed by atoms with Crippen molar-refractivity contribution in [2.45, 2.75) is 38.2 Å². The smallest absolute Gasteiger partial charge is 0.0580 e. The number of piperidine rings is 1. The van der Waals surface area contributed by atoms with E-state index in [0.29, 0.717) is 18.4 Å². The highest BCUT2D eigenvalue weighted by Crippen LogP contribution is 2.27.